The molecule has 0 aromatic rings. The smallest absolute Gasteiger partial charge is 0.407 e. The average Bonchev–Trinajstić information content (AvgIpc) is 2.37. The first-order valence-electron chi connectivity index (χ1n) is 7.27. The summed E-state index contributed by atoms with van der Waals surface area (Å²) in [4.78, 5) is 11.2. The minimum Gasteiger partial charge on any atom is -0.450 e. The van der Waals surface area contributed by atoms with Gasteiger partial charge in [0.2, 0.25) is 0 Å². The molecular formula is C14H28FNO2. The number of hydrogen-bond donors (Lipinski definition) is 1. The van der Waals surface area contributed by atoms with Gasteiger partial charge >= 0.3 is 6.09 Å². The molecule has 108 valence electrons. The molecule has 0 aliphatic rings. The van der Waals surface area contributed by atoms with Gasteiger partial charge in [-0.15, -0.1) is 0 Å². The second-order valence-electron chi connectivity index (χ2n) is 4.58. The predicted octanol–water partition coefficient (Wildman–Crippen LogP) is 4.21. The van der Waals surface area contributed by atoms with Crippen molar-refractivity contribution in [3.8, 4) is 0 Å². The summed E-state index contributed by atoms with van der Waals surface area (Å²) in [5, 5.41) is 2.74. The van der Waals surface area contributed by atoms with Crippen molar-refractivity contribution in [2.45, 2.75) is 64.7 Å². The maximum atomic E-state index is 11.8. The number of unbranched alkanes of at least 4 members (excludes halogenated alkanes) is 7. The molecule has 0 aromatic carbocycles. The van der Waals surface area contributed by atoms with Gasteiger partial charge in [0.15, 0.2) is 0 Å². The van der Waals surface area contributed by atoms with Crippen LogP contribution in [-0.4, -0.2) is 25.9 Å². The first kappa shape index (κ1) is 17.2. The van der Waals surface area contributed by atoms with Gasteiger partial charge in [0.05, 0.1) is 13.3 Å². The summed E-state index contributed by atoms with van der Waals surface area (Å²) >= 11 is 0. The zero-order valence-electron chi connectivity index (χ0n) is 11.7. The number of carbonyl (C=O) groups excluding carboxylic acids is 1. The molecule has 0 heterocycles. The molecule has 18 heavy (non-hydrogen) atoms. The van der Waals surface area contributed by atoms with E-state index in [1.807, 2.05) is 0 Å². The summed E-state index contributed by atoms with van der Waals surface area (Å²) in [6, 6.07) is 0. The van der Waals surface area contributed by atoms with E-state index in [-0.39, 0.29) is 12.8 Å². The number of hydrogen-bond acceptors (Lipinski definition) is 2. The molecule has 4 heteroatoms. The summed E-state index contributed by atoms with van der Waals surface area (Å²) in [5.74, 6) is 0. The molecule has 0 saturated heterocycles. The molecular weight excluding hydrogens is 233 g/mol. The lowest BCUT2D eigenvalue weighted by Crippen LogP contribution is -2.25. The van der Waals surface area contributed by atoms with Crippen molar-refractivity contribution in [3.05, 3.63) is 0 Å². The van der Waals surface area contributed by atoms with E-state index in [0.717, 1.165) is 38.5 Å². The summed E-state index contributed by atoms with van der Waals surface area (Å²) in [5.41, 5.74) is 0. The van der Waals surface area contributed by atoms with Crippen LogP contribution in [0.1, 0.15) is 64.7 Å². The molecule has 0 aliphatic heterocycles. The number of nitrogens with one attached hydrogen (secondary N) is 1. The lowest BCUT2D eigenvalue weighted by atomic mass is 10.2. The highest BCUT2D eigenvalue weighted by molar-refractivity contribution is 5.66. The van der Waals surface area contributed by atoms with Crippen LogP contribution in [0.25, 0.3) is 0 Å². The fourth-order valence-electron chi connectivity index (χ4n) is 1.69. The Balaban J connectivity index is 3.12. The van der Waals surface area contributed by atoms with E-state index >= 15 is 0 Å². The first-order valence-corrected chi connectivity index (χ1v) is 7.27. The van der Waals surface area contributed by atoms with Crippen LogP contribution in [-0.2, 0) is 4.74 Å². The zero-order valence-corrected chi connectivity index (χ0v) is 11.7. The van der Waals surface area contributed by atoms with Crippen molar-refractivity contribution in [1.29, 1.82) is 0 Å². The Morgan fingerprint density at radius 1 is 1.00 bits per heavy atom. The number of rotatable bonds is 12. The van der Waals surface area contributed by atoms with Gasteiger partial charge in [0.1, 0.15) is 0 Å². The van der Waals surface area contributed by atoms with E-state index in [4.69, 9.17) is 4.74 Å². The van der Waals surface area contributed by atoms with Gasteiger partial charge < -0.3 is 10.1 Å². The SMILES string of the molecule is CCCCCCNC(=O)OCCCCCCCF. The van der Waals surface area contributed by atoms with Gasteiger partial charge in [-0.05, 0) is 19.3 Å². The Bertz CT molecular complexity index is 189. The van der Waals surface area contributed by atoms with E-state index in [1.54, 1.807) is 0 Å². The van der Waals surface area contributed by atoms with Crippen LogP contribution < -0.4 is 5.32 Å². The summed E-state index contributed by atoms with van der Waals surface area (Å²) in [6.45, 7) is 3.11. The molecule has 0 saturated carbocycles. The number of alkyl halides is 1. The molecule has 0 bridgehead atoms. The maximum Gasteiger partial charge on any atom is 0.407 e. The number of carbonyl (C=O) groups is 1. The molecule has 0 rings (SSSR count). The van der Waals surface area contributed by atoms with Crippen LogP contribution in [0.3, 0.4) is 0 Å². The van der Waals surface area contributed by atoms with Crippen LogP contribution >= 0.6 is 0 Å². The van der Waals surface area contributed by atoms with Crippen molar-refractivity contribution < 1.29 is 13.9 Å². The molecule has 0 fully saturated rings. The largest absolute Gasteiger partial charge is 0.450 e. The van der Waals surface area contributed by atoms with Crippen LogP contribution in [0.5, 0.6) is 0 Å². The van der Waals surface area contributed by atoms with Crippen molar-refractivity contribution in [1.82, 2.24) is 5.32 Å². The van der Waals surface area contributed by atoms with E-state index in [2.05, 4.69) is 12.2 Å². The van der Waals surface area contributed by atoms with Crippen LogP contribution in [0, 0.1) is 0 Å². The van der Waals surface area contributed by atoms with Crippen LogP contribution in [0.4, 0.5) is 9.18 Å². The monoisotopic (exact) mass is 261 g/mol. The number of ether oxygens (including phenoxy) is 1. The lowest BCUT2D eigenvalue weighted by Gasteiger charge is -2.06. The minimum absolute atomic E-state index is 0.225. The Hall–Kier alpha value is -0.800. The molecule has 0 unspecified atom stereocenters. The minimum atomic E-state index is -0.310. The normalized spacial score (nSPS) is 10.3. The summed E-state index contributed by atoms with van der Waals surface area (Å²) in [7, 11) is 0. The highest BCUT2D eigenvalue weighted by atomic mass is 19.1. The number of halogens is 1. The van der Waals surface area contributed by atoms with Crippen molar-refractivity contribution >= 4 is 6.09 Å². The van der Waals surface area contributed by atoms with E-state index in [9.17, 15) is 9.18 Å². The van der Waals surface area contributed by atoms with Crippen molar-refractivity contribution in [2.75, 3.05) is 19.8 Å². The van der Waals surface area contributed by atoms with E-state index in [0.29, 0.717) is 19.6 Å². The number of alkyl carbamates (subject to hydrolysis) is 1. The molecule has 0 spiro atoms. The molecule has 0 aromatic heterocycles. The Labute approximate surface area is 110 Å². The fraction of sp³-hybridized carbons (Fsp3) is 0.929. The average molecular weight is 261 g/mol. The molecule has 0 aliphatic carbocycles. The summed E-state index contributed by atoms with van der Waals surface area (Å²) < 4.78 is 16.8. The van der Waals surface area contributed by atoms with Crippen molar-refractivity contribution in [2.24, 2.45) is 0 Å². The second-order valence-corrected chi connectivity index (χ2v) is 4.58. The Kier molecular flexibility index (Phi) is 13.6. The second kappa shape index (κ2) is 14.3. The first-order chi connectivity index (χ1) is 8.81. The van der Waals surface area contributed by atoms with Crippen LogP contribution in [0.2, 0.25) is 0 Å². The Morgan fingerprint density at radius 3 is 2.39 bits per heavy atom. The van der Waals surface area contributed by atoms with Gasteiger partial charge in [-0.1, -0.05) is 45.4 Å². The van der Waals surface area contributed by atoms with E-state index in [1.165, 1.54) is 12.8 Å². The fourth-order valence-corrected chi connectivity index (χ4v) is 1.69. The van der Waals surface area contributed by atoms with Gasteiger partial charge in [0.25, 0.3) is 0 Å². The molecule has 1 N–H and O–H groups in total. The van der Waals surface area contributed by atoms with Gasteiger partial charge in [-0.3, -0.25) is 4.39 Å². The van der Waals surface area contributed by atoms with Crippen molar-refractivity contribution in [3.63, 3.8) is 0 Å². The highest BCUT2D eigenvalue weighted by Gasteiger charge is 2.00. The molecule has 3 nitrogen and oxygen atoms in total. The number of amides is 1. The quantitative estimate of drug-likeness (QED) is 0.534. The third-order valence-corrected chi connectivity index (χ3v) is 2.81. The van der Waals surface area contributed by atoms with E-state index < -0.39 is 0 Å². The topological polar surface area (TPSA) is 38.3 Å². The third-order valence-electron chi connectivity index (χ3n) is 2.81. The van der Waals surface area contributed by atoms with Gasteiger partial charge in [-0.2, -0.15) is 0 Å². The molecule has 0 radical (unpaired) electrons. The lowest BCUT2D eigenvalue weighted by molar-refractivity contribution is 0.143. The van der Waals surface area contributed by atoms with Gasteiger partial charge in [-0.25, -0.2) is 4.79 Å². The third kappa shape index (κ3) is 13.3. The molecule has 0 atom stereocenters. The predicted molar refractivity (Wildman–Crippen MR) is 72.6 cm³/mol. The van der Waals surface area contributed by atoms with Gasteiger partial charge in [0, 0.05) is 6.54 Å². The standard InChI is InChI=1S/C14H28FNO2/c1-2-3-4-9-12-16-14(17)18-13-10-7-5-6-8-11-15/h2-13H2,1H3,(H,16,17). The van der Waals surface area contributed by atoms with Crippen LogP contribution in [0.15, 0.2) is 0 Å². The Morgan fingerprint density at radius 2 is 1.67 bits per heavy atom. The molecule has 1 amide bonds. The highest BCUT2D eigenvalue weighted by Crippen LogP contribution is 2.03. The summed E-state index contributed by atoms with van der Waals surface area (Å²) in [6.07, 6.45) is 8.76. The zero-order chi connectivity index (χ0) is 13.5. The maximum absolute atomic E-state index is 11.8.